The van der Waals surface area contributed by atoms with E-state index in [0.29, 0.717) is 27.2 Å². The lowest BCUT2D eigenvalue weighted by molar-refractivity contribution is -0.115. The maximum Gasteiger partial charge on any atom is 0.264 e. The zero-order valence-corrected chi connectivity index (χ0v) is 20.8. The van der Waals surface area contributed by atoms with E-state index in [-0.39, 0.29) is 11.7 Å². The highest BCUT2D eigenvalue weighted by atomic mass is 32.2. The maximum atomic E-state index is 13.5. The highest BCUT2D eigenvalue weighted by molar-refractivity contribution is 8.18. The molecule has 4 aromatic rings. The molecule has 8 heteroatoms. The van der Waals surface area contributed by atoms with E-state index in [2.05, 4.69) is 10.3 Å². The van der Waals surface area contributed by atoms with Crippen LogP contribution in [0.3, 0.4) is 0 Å². The van der Waals surface area contributed by atoms with Crippen molar-refractivity contribution >= 4 is 34.6 Å². The molecule has 0 bridgehead atoms. The van der Waals surface area contributed by atoms with E-state index >= 15 is 0 Å². The van der Waals surface area contributed by atoms with Crippen molar-refractivity contribution in [2.75, 3.05) is 7.11 Å². The molecular formula is C28H23FN4O2S. The first-order chi connectivity index (χ1) is 17.4. The number of amidine groups is 1. The van der Waals surface area contributed by atoms with Crippen molar-refractivity contribution < 1.29 is 13.9 Å². The van der Waals surface area contributed by atoms with Crippen molar-refractivity contribution in [2.45, 2.75) is 13.8 Å². The molecule has 1 N–H and O–H groups in total. The molecular weight excluding hydrogens is 475 g/mol. The number of aromatic nitrogens is 2. The van der Waals surface area contributed by atoms with Crippen molar-refractivity contribution in [1.29, 1.82) is 0 Å². The van der Waals surface area contributed by atoms with Gasteiger partial charge in [0.15, 0.2) is 5.17 Å². The van der Waals surface area contributed by atoms with Gasteiger partial charge in [-0.2, -0.15) is 5.10 Å². The molecule has 1 aromatic heterocycles. The standard InChI is InChI=1S/C28H23FN4O2S/c1-17-7-8-18(2)24(13-17)30-28-31-27(34)25(36-28)15-20-16-33(22-11-9-21(29)10-12-22)32-26(20)19-5-4-6-23(14-19)35-3/h4-16H,1-3H3,(H,30,31,34)/b25-15-. The third-order valence-electron chi connectivity index (χ3n) is 5.70. The molecule has 36 heavy (non-hydrogen) atoms. The van der Waals surface area contributed by atoms with Crippen LogP contribution in [0.5, 0.6) is 5.75 Å². The molecule has 5 rings (SSSR count). The number of hydrogen-bond acceptors (Lipinski definition) is 5. The normalized spacial score (nSPS) is 15.5. The fourth-order valence-electron chi connectivity index (χ4n) is 3.78. The number of aryl methyl sites for hydroxylation is 2. The molecule has 180 valence electrons. The summed E-state index contributed by atoms with van der Waals surface area (Å²) in [6.07, 6.45) is 3.62. The number of amides is 1. The number of carbonyl (C=O) groups is 1. The molecule has 1 aliphatic rings. The van der Waals surface area contributed by atoms with Crippen LogP contribution in [-0.4, -0.2) is 28.0 Å². The fourth-order valence-corrected chi connectivity index (χ4v) is 4.61. The van der Waals surface area contributed by atoms with E-state index in [9.17, 15) is 9.18 Å². The van der Waals surface area contributed by atoms with Crippen LogP contribution >= 0.6 is 11.8 Å². The number of benzene rings is 3. The zero-order chi connectivity index (χ0) is 25.2. The molecule has 0 unspecified atom stereocenters. The van der Waals surface area contributed by atoms with E-state index in [0.717, 1.165) is 27.9 Å². The number of halogens is 1. The van der Waals surface area contributed by atoms with Crippen molar-refractivity contribution in [1.82, 2.24) is 15.1 Å². The average molecular weight is 499 g/mol. The number of aliphatic imine (C=N–C) groups is 1. The Hall–Kier alpha value is -4.17. The van der Waals surface area contributed by atoms with Gasteiger partial charge in [0.2, 0.25) is 0 Å². The number of ether oxygens (including phenoxy) is 1. The van der Waals surface area contributed by atoms with E-state index in [1.165, 1.54) is 23.9 Å². The Kier molecular flexibility index (Phi) is 6.43. The van der Waals surface area contributed by atoms with Crippen LogP contribution in [0.2, 0.25) is 0 Å². The second kappa shape index (κ2) is 9.83. The first-order valence-electron chi connectivity index (χ1n) is 11.3. The molecule has 1 fully saturated rings. The molecule has 0 atom stereocenters. The summed E-state index contributed by atoms with van der Waals surface area (Å²) in [5, 5.41) is 8.13. The number of hydrogen-bond donors (Lipinski definition) is 1. The number of nitrogens with one attached hydrogen (secondary N) is 1. The average Bonchev–Trinajstić information content (AvgIpc) is 3.45. The number of thioether (sulfide) groups is 1. The summed E-state index contributed by atoms with van der Waals surface area (Å²) in [5.74, 6) is 0.143. The maximum absolute atomic E-state index is 13.5. The Morgan fingerprint density at radius 1 is 1.08 bits per heavy atom. The summed E-state index contributed by atoms with van der Waals surface area (Å²) < 4.78 is 20.5. The highest BCUT2D eigenvalue weighted by Gasteiger charge is 2.25. The summed E-state index contributed by atoms with van der Waals surface area (Å²) >= 11 is 1.28. The summed E-state index contributed by atoms with van der Waals surface area (Å²) in [7, 11) is 1.61. The summed E-state index contributed by atoms with van der Waals surface area (Å²) in [6, 6.07) is 19.7. The van der Waals surface area contributed by atoms with Gasteiger partial charge in [-0.05, 0) is 85.3 Å². The lowest BCUT2D eigenvalue weighted by Gasteiger charge is -2.04. The highest BCUT2D eigenvalue weighted by Crippen LogP contribution is 2.33. The molecule has 1 amide bonds. The van der Waals surface area contributed by atoms with E-state index in [4.69, 9.17) is 9.84 Å². The number of rotatable bonds is 5. The Labute approximate surface area is 212 Å². The Morgan fingerprint density at radius 2 is 1.89 bits per heavy atom. The van der Waals surface area contributed by atoms with Gasteiger partial charge in [-0.15, -0.1) is 0 Å². The predicted octanol–water partition coefficient (Wildman–Crippen LogP) is 6.20. The van der Waals surface area contributed by atoms with Crippen LogP contribution in [0.25, 0.3) is 23.0 Å². The Morgan fingerprint density at radius 3 is 2.67 bits per heavy atom. The minimum absolute atomic E-state index is 0.227. The topological polar surface area (TPSA) is 68.5 Å². The minimum atomic E-state index is -0.323. The minimum Gasteiger partial charge on any atom is -0.497 e. The quantitative estimate of drug-likeness (QED) is 0.333. The molecule has 0 spiro atoms. The van der Waals surface area contributed by atoms with Gasteiger partial charge in [-0.1, -0.05) is 24.3 Å². The van der Waals surface area contributed by atoms with Crippen molar-refractivity contribution in [3.8, 4) is 22.7 Å². The third kappa shape index (κ3) is 4.94. The summed E-state index contributed by atoms with van der Waals surface area (Å²) in [5.41, 5.74) is 5.88. The van der Waals surface area contributed by atoms with Gasteiger partial charge in [0, 0.05) is 17.3 Å². The molecule has 0 saturated carbocycles. The van der Waals surface area contributed by atoms with Gasteiger partial charge in [0.05, 0.1) is 23.4 Å². The second-order valence-corrected chi connectivity index (χ2v) is 9.39. The van der Waals surface area contributed by atoms with Crippen LogP contribution in [0.4, 0.5) is 10.1 Å². The van der Waals surface area contributed by atoms with E-state index < -0.39 is 0 Å². The molecule has 1 aliphatic heterocycles. The van der Waals surface area contributed by atoms with Crippen molar-refractivity contribution in [3.05, 3.63) is 100 Å². The lowest BCUT2D eigenvalue weighted by Crippen LogP contribution is -2.19. The van der Waals surface area contributed by atoms with Gasteiger partial charge < -0.3 is 10.1 Å². The lowest BCUT2D eigenvalue weighted by atomic mass is 10.1. The molecule has 0 radical (unpaired) electrons. The van der Waals surface area contributed by atoms with Crippen molar-refractivity contribution in [2.24, 2.45) is 4.99 Å². The molecule has 1 saturated heterocycles. The van der Waals surface area contributed by atoms with Gasteiger partial charge in [-0.3, -0.25) is 4.79 Å². The number of methoxy groups -OCH3 is 1. The summed E-state index contributed by atoms with van der Waals surface area (Å²) in [6.45, 7) is 4.00. The molecule has 3 aromatic carbocycles. The van der Waals surface area contributed by atoms with Gasteiger partial charge in [0.1, 0.15) is 17.3 Å². The molecule has 0 aliphatic carbocycles. The summed E-state index contributed by atoms with van der Waals surface area (Å²) in [4.78, 5) is 18.0. The largest absolute Gasteiger partial charge is 0.497 e. The Balaban J connectivity index is 1.55. The zero-order valence-electron chi connectivity index (χ0n) is 19.9. The monoisotopic (exact) mass is 498 g/mol. The van der Waals surface area contributed by atoms with Crippen molar-refractivity contribution in [3.63, 3.8) is 0 Å². The smallest absolute Gasteiger partial charge is 0.264 e. The van der Waals surface area contributed by atoms with E-state index in [1.54, 1.807) is 30.0 Å². The van der Waals surface area contributed by atoms with Gasteiger partial charge >= 0.3 is 0 Å². The number of nitrogens with zero attached hydrogens (tertiary/aromatic N) is 3. The molecule has 2 heterocycles. The van der Waals surface area contributed by atoms with Crippen LogP contribution in [0.15, 0.2) is 82.8 Å². The van der Waals surface area contributed by atoms with Crippen LogP contribution < -0.4 is 10.1 Å². The Bertz CT molecular complexity index is 1520. The van der Waals surface area contributed by atoms with Crippen LogP contribution in [-0.2, 0) is 4.79 Å². The first kappa shape index (κ1) is 23.6. The molecule has 6 nitrogen and oxygen atoms in total. The first-order valence-corrected chi connectivity index (χ1v) is 12.1. The SMILES string of the molecule is COc1cccc(-c2nn(-c3ccc(F)cc3)cc2/C=C2\SC(=Nc3cc(C)ccc3C)NC2=O)c1. The third-order valence-corrected chi connectivity index (χ3v) is 6.61. The second-order valence-electron chi connectivity index (χ2n) is 8.36. The van der Waals surface area contributed by atoms with E-state index in [1.807, 2.05) is 62.5 Å². The predicted molar refractivity (Wildman–Crippen MR) is 142 cm³/mol. The fraction of sp³-hybridized carbons (Fsp3) is 0.107. The van der Waals surface area contributed by atoms with Crippen LogP contribution in [0, 0.1) is 19.7 Å². The number of carbonyl (C=O) groups excluding carboxylic acids is 1. The van der Waals surface area contributed by atoms with Gasteiger partial charge in [0.25, 0.3) is 5.91 Å². The van der Waals surface area contributed by atoms with Crippen LogP contribution in [0.1, 0.15) is 16.7 Å². The van der Waals surface area contributed by atoms with Gasteiger partial charge in [-0.25, -0.2) is 14.1 Å².